The Morgan fingerprint density at radius 3 is 2.53 bits per heavy atom. The fourth-order valence-corrected chi connectivity index (χ4v) is 0.944. The summed E-state index contributed by atoms with van der Waals surface area (Å²) in [5.41, 5.74) is 1.96. The minimum Gasteiger partial charge on any atom is -0.262 e. The molecule has 0 saturated carbocycles. The molecule has 80 valence electrons. The Morgan fingerprint density at radius 2 is 2.00 bits per heavy atom. The molecule has 5 heteroatoms. The van der Waals surface area contributed by atoms with E-state index in [1.165, 1.54) is 12.7 Å². The maximum absolute atomic E-state index is 4.02. The third kappa shape index (κ3) is 3.46. The lowest BCUT2D eigenvalue weighted by Gasteiger charge is -1.97. The van der Waals surface area contributed by atoms with Crippen molar-refractivity contribution in [1.29, 1.82) is 0 Å². The Labute approximate surface area is 89.2 Å². The van der Waals surface area contributed by atoms with Crippen molar-refractivity contribution < 1.29 is 0 Å². The lowest BCUT2D eigenvalue weighted by Crippen LogP contribution is -1.95. The van der Waals surface area contributed by atoms with Crippen LogP contribution < -0.4 is 0 Å². The van der Waals surface area contributed by atoms with Crippen LogP contribution in [0.25, 0.3) is 5.69 Å². The Kier molecular flexibility index (Phi) is 4.40. The van der Waals surface area contributed by atoms with E-state index in [0.717, 1.165) is 11.3 Å². The van der Waals surface area contributed by atoms with Gasteiger partial charge < -0.3 is 0 Å². The van der Waals surface area contributed by atoms with E-state index in [-0.39, 0.29) is 0 Å². The van der Waals surface area contributed by atoms with Crippen molar-refractivity contribution in [3.05, 3.63) is 30.4 Å². The van der Waals surface area contributed by atoms with Gasteiger partial charge in [-0.05, 0) is 29.0 Å². The van der Waals surface area contributed by atoms with Gasteiger partial charge in [0.25, 0.3) is 0 Å². The number of rotatable bonds is 1. The Balaban J connectivity index is 0.000000337. The molecule has 0 radical (unpaired) electrons. The molecule has 0 aliphatic rings. The average Bonchev–Trinajstić information content (AvgIpc) is 2.71. The zero-order valence-corrected chi connectivity index (χ0v) is 9.25. The van der Waals surface area contributed by atoms with Gasteiger partial charge in [-0.3, -0.25) is 4.98 Å². The molecule has 2 aromatic rings. The molecule has 2 aromatic heterocycles. The van der Waals surface area contributed by atoms with Gasteiger partial charge in [0.05, 0.1) is 11.9 Å². The highest BCUT2D eigenvalue weighted by Gasteiger charge is 1.96. The van der Waals surface area contributed by atoms with Gasteiger partial charge in [-0.2, -0.15) is 4.68 Å². The van der Waals surface area contributed by atoms with Crippen LogP contribution in [0.1, 0.15) is 25.8 Å². The SMILES string of the molecule is CCC.Cc1cncc(-n2cnnn2)c1. The summed E-state index contributed by atoms with van der Waals surface area (Å²) in [6.07, 6.45) is 6.29. The molecule has 2 rings (SSSR count). The summed E-state index contributed by atoms with van der Waals surface area (Å²) in [7, 11) is 0. The van der Waals surface area contributed by atoms with Gasteiger partial charge in [0.15, 0.2) is 0 Å². The normalized spacial score (nSPS) is 9.27. The van der Waals surface area contributed by atoms with Crippen LogP contribution in [0, 0.1) is 6.92 Å². The summed E-state index contributed by atoms with van der Waals surface area (Å²) in [5, 5.41) is 10.8. The van der Waals surface area contributed by atoms with Crippen molar-refractivity contribution in [3.63, 3.8) is 0 Å². The average molecular weight is 205 g/mol. The molecule has 2 heterocycles. The fraction of sp³-hybridized carbons (Fsp3) is 0.400. The van der Waals surface area contributed by atoms with Crippen LogP contribution in [0.2, 0.25) is 0 Å². The maximum Gasteiger partial charge on any atom is 0.143 e. The Bertz CT molecular complexity index is 382. The zero-order valence-electron chi connectivity index (χ0n) is 9.25. The molecule has 0 spiro atoms. The number of pyridine rings is 1. The van der Waals surface area contributed by atoms with E-state index in [2.05, 4.69) is 34.4 Å². The van der Waals surface area contributed by atoms with Crippen LogP contribution in [0.4, 0.5) is 0 Å². The quantitative estimate of drug-likeness (QED) is 0.712. The van der Waals surface area contributed by atoms with Crippen LogP contribution in [-0.4, -0.2) is 25.2 Å². The van der Waals surface area contributed by atoms with E-state index >= 15 is 0 Å². The molecule has 0 aromatic carbocycles. The number of aryl methyl sites for hydroxylation is 1. The van der Waals surface area contributed by atoms with Crippen molar-refractivity contribution in [3.8, 4) is 5.69 Å². The highest BCUT2D eigenvalue weighted by molar-refractivity contribution is 5.29. The number of aromatic nitrogens is 5. The van der Waals surface area contributed by atoms with Crippen LogP contribution in [0.15, 0.2) is 24.8 Å². The summed E-state index contributed by atoms with van der Waals surface area (Å²) in [6, 6.07) is 1.96. The minimum atomic E-state index is 0.875. The largest absolute Gasteiger partial charge is 0.262 e. The molecule has 0 bridgehead atoms. The van der Waals surface area contributed by atoms with E-state index in [1.54, 1.807) is 17.1 Å². The van der Waals surface area contributed by atoms with Gasteiger partial charge in [0.1, 0.15) is 6.33 Å². The first-order chi connectivity index (χ1) is 7.27. The first kappa shape index (κ1) is 11.3. The van der Waals surface area contributed by atoms with E-state index < -0.39 is 0 Å². The van der Waals surface area contributed by atoms with Crippen molar-refractivity contribution in [1.82, 2.24) is 25.2 Å². The summed E-state index contributed by atoms with van der Waals surface area (Å²) >= 11 is 0. The molecular formula is C10H15N5. The van der Waals surface area contributed by atoms with Gasteiger partial charge in [0, 0.05) is 6.20 Å². The van der Waals surface area contributed by atoms with Gasteiger partial charge in [-0.25, -0.2) is 0 Å². The van der Waals surface area contributed by atoms with E-state index in [0.29, 0.717) is 0 Å². The number of hydrogen-bond donors (Lipinski definition) is 0. The first-order valence-corrected chi connectivity index (χ1v) is 4.93. The molecule has 0 atom stereocenters. The predicted molar refractivity (Wildman–Crippen MR) is 57.7 cm³/mol. The number of tetrazole rings is 1. The molecule has 0 N–H and O–H groups in total. The third-order valence-corrected chi connectivity index (χ3v) is 1.47. The van der Waals surface area contributed by atoms with Gasteiger partial charge in [-0.1, -0.05) is 20.3 Å². The molecule has 0 aliphatic heterocycles. The molecule has 0 aliphatic carbocycles. The van der Waals surface area contributed by atoms with Gasteiger partial charge in [-0.15, -0.1) is 5.10 Å². The first-order valence-electron chi connectivity index (χ1n) is 4.93. The second kappa shape index (κ2) is 5.85. The van der Waals surface area contributed by atoms with Crippen LogP contribution in [0.5, 0.6) is 0 Å². The lowest BCUT2D eigenvalue weighted by atomic mass is 10.3. The number of nitrogens with zero attached hydrogens (tertiary/aromatic N) is 5. The highest BCUT2D eigenvalue weighted by Crippen LogP contribution is 2.04. The maximum atomic E-state index is 4.02. The van der Waals surface area contributed by atoms with Crippen molar-refractivity contribution in [2.24, 2.45) is 0 Å². The summed E-state index contributed by atoms with van der Waals surface area (Å²) in [4.78, 5) is 4.02. The predicted octanol–water partition coefficient (Wildman–Crippen LogP) is 1.78. The topological polar surface area (TPSA) is 56.5 Å². The highest BCUT2D eigenvalue weighted by atomic mass is 15.5. The molecule has 5 nitrogen and oxygen atoms in total. The van der Waals surface area contributed by atoms with Gasteiger partial charge in [0.2, 0.25) is 0 Å². The van der Waals surface area contributed by atoms with Gasteiger partial charge >= 0.3 is 0 Å². The Hall–Kier alpha value is -1.78. The molecule has 0 amide bonds. The monoisotopic (exact) mass is 205 g/mol. The minimum absolute atomic E-state index is 0.875. The smallest absolute Gasteiger partial charge is 0.143 e. The molecular weight excluding hydrogens is 190 g/mol. The van der Waals surface area contributed by atoms with E-state index in [4.69, 9.17) is 0 Å². The summed E-state index contributed by atoms with van der Waals surface area (Å²) < 4.78 is 1.57. The summed E-state index contributed by atoms with van der Waals surface area (Å²) in [6.45, 7) is 6.22. The van der Waals surface area contributed by atoms with Crippen molar-refractivity contribution in [2.75, 3.05) is 0 Å². The molecule has 15 heavy (non-hydrogen) atoms. The standard InChI is InChI=1S/C7H7N5.C3H8/c1-6-2-7(4-8-3-6)12-5-9-10-11-12;1-3-2/h2-5H,1H3;3H2,1-2H3. The van der Waals surface area contributed by atoms with Crippen LogP contribution in [0.3, 0.4) is 0 Å². The second-order valence-electron chi connectivity index (χ2n) is 3.18. The molecule has 0 unspecified atom stereocenters. The van der Waals surface area contributed by atoms with Crippen molar-refractivity contribution >= 4 is 0 Å². The zero-order chi connectivity index (χ0) is 11.1. The van der Waals surface area contributed by atoms with Crippen LogP contribution >= 0.6 is 0 Å². The van der Waals surface area contributed by atoms with E-state index in [9.17, 15) is 0 Å². The summed E-state index contributed by atoms with van der Waals surface area (Å²) in [5.74, 6) is 0. The second-order valence-corrected chi connectivity index (χ2v) is 3.18. The molecule has 0 saturated heterocycles. The van der Waals surface area contributed by atoms with Crippen molar-refractivity contribution in [2.45, 2.75) is 27.2 Å². The van der Waals surface area contributed by atoms with E-state index in [1.807, 2.05) is 13.0 Å². The third-order valence-electron chi connectivity index (χ3n) is 1.47. The fourth-order valence-electron chi connectivity index (χ4n) is 0.944. The molecule has 0 fully saturated rings. The lowest BCUT2D eigenvalue weighted by molar-refractivity contribution is 0.785. The number of hydrogen-bond acceptors (Lipinski definition) is 4. The Morgan fingerprint density at radius 1 is 1.27 bits per heavy atom. The van der Waals surface area contributed by atoms with Crippen LogP contribution in [-0.2, 0) is 0 Å².